The summed E-state index contributed by atoms with van der Waals surface area (Å²) in [4.78, 5) is 2.13. The maximum absolute atomic E-state index is 9.89. The summed E-state index contributed by atoms with van der Waals surface area (Å²) < 4.78 is 21.6. The number of hydrogen-bond acceptors (Lipinski definition) is 6. The van der Waals surface area contributed by atoms with Crippen LogP contribution in [-0.2, 0) is 13.1 Å². The molecule has 2 heterocycles. The Morgan fingerprint density at radius 1 is 0.962 bits per heavy atom. The Hall–Kier alpha value is -2.15. The number of aliphatic hydroxyl groups is 1. The summed E-state index contributed by atoms with van der Waals surface area (Å²) in [6, 6.07) is 9.56. The second-order valence-electron chi connectivity index (χ2n) is 6.50. The first-order valence-corrected chi connectivity index (χ1v) is 8.83. The lowest BCUT2D eigenvalue weighted by atomic mass is 10.1. The van der Waals surface area contributed by atoms with Gasteiger partial charge in [0.05, 0.1) is 6.10 Å². The fourth-order valence-electron chi connectivity index (χ4n) is 3.18. The van der Waals surface area contributed by atoms with Gasteiger partial charge < -0.3 is 24.1 Å². The van der Waals surface area contributed by atoms with Crippen LogP contribution in [0.15, 0.2) is 30.3 Å². The molecule has 0 saturated carbocycles. The zero-order chi connectivity index (χ0) is 18.1. The summed E-state index contributed by atoms with van der Waals surface area (Å²) in [6.45, 7) is 3.97. The lowest BCUT2D eigenvalue weighted by molar-refractivity contribution is 0.118. The average Bonchev–Trinajstić information content (AvgIpc) is 3.22. The van der Waals surface area contributed by atoms with Gasteiger partial charge in [-0.2, -0.15) is 0 Å². The molecule has 0 unspecified atom stereocenters. The number of ether oxygens (including phenoxy) is 4. The summed E-state index contributed by atoms with van der Waals surface area (Å²) in [5.74, 6) is 2.87. The fraction of sp³-hybridized carbons (Fsp3) is 0.368. The molecule has 7 heteroatoms. The van der Waals surface area contributed by atoms with Crippen LogP contribution in [0.3, 0.4) is 0 Å². The van der Waals surface area contributed by atoms with Gasteiger partial charge in [0, 0.05) is 30.7 Å². The van der Waals surface area contributed by atoms with Gasteiger partial charge in [0.25, 0.3) is 0 Å². The molecule has 0 aliphatic carbocycles. The van der Waals surface area contributed by atoms with Gasteiger partial charge in [-0.1, -0.05) is 17.7 Å². The predicted octanol–water partition coefficient (Wildman–Crippen LogP) is 3.18. The number of nitrogens with zero attached hydrogens (tertiary/aromatic N) is 1. The summed E-state index contributed by atoms with van der Waals surface area (Å²) in [7, 11) is 0. The third-order valence-corrected chi connectivity index (χ3v) is 4.65. The molecule has 1 N–H and O–H groups in total. The molecule has 138 valence electrons. The van der Waals surface area contributed by atoms with Crippen molar-refractivity contribution in [2.24, 2.45) is 0 Å². The number of benzene rings is 2. The molecule has 2 aliphatic rings. The molecule has 0 spiro atoms. The van der Waals surface area contributed by atoms with Crippen molar-refractivity contribution in [2.75, 3.05) is 20.1 Å². The van der Waals surface area contributed by atoms with E-state index >= 15 is 0 Å². The van der Waals surface area contributed by atoms with E-state index in [-0.39, 0.29) is 13.6 Å². The van der Waals surface area contributed by atoms with Crippen molar-refractivity contribution >= 4 is 11.6 Å². The van der Waals surface area contributed by atoms with Crippen molar-refractivity contribution < 1.29 is 24.1 Å². The van der Waals surface area contributed by atoms with E-state index in [1.165, 1.54) is 0 Å². The lowest BCUT2D eigenvalue weighted by Crippen LogP contribution is -2.30. The van der Waals surface area contributed by atoms with Gasteiger partial charge in [0.15, 0.2) is 23.0 Å². The largest absolute Gasteiger partial charge is 0.454 e. The van der Waals surface area contributed by atoms with Gasteiger partial charge in [-0.05, 0) is 36.2 Å². The smallest absolute Gasteiger partial charge is 0.231 e. The minimum atomic E-state index is -0.461. The van der Waals surface area contributed by atoms with Gasteiger partial charge in [-0.3, -0.25) is 4.90 Å². The highest BCUT2D eigenvalue weighted by Gasteiger charge is 2.20. The second-order valence-corrected chi connectivity index (χ2v) is 6.91. The summed E-state index contributed by atoms with van der Waals surface area (Å²) >= 11 is 6.41. The average molecular weight is 378 g/mol. The molecule has 4 rings (SSSR count). The van der Waals surface area contributed by atoms with Crippen LogP contribution in [0.25, 0.3) is 0 Å². The Balaban J connectivity index is 1.54. The second kappa shape index (κ2) is 7.23. The minimum Gasteiger partial charge on any atom is -0.454 e. The molecular weight excluding hydrogens is 358 g/mol. The fourth-order valence-corrected chi connectivity index (χ4v) is 3.39. The lowest BCUT2D eigenvalue weighted by Gasteiger charge is -2.24. The number of aliphatic hydroxyl groups excluding tert-OH is 1. The maximum Gasteiger partial charge on any atom is 0.231 e. The van der Waals surface area contributed by atoms with Crippen LogP contribution in [0.2, 0.25) is 5.02 Å². The standard InChI is InChI=1S/C19H20ClNO5/c1-12(22)7-21(8-13-2-3-16-17(4-13)24-10-23-16)9-14-5-18-19(6-15(14)20)26-11-25-18/h2-6,12,22H,7-11H2,1H3/t12-/m0/s1. The topological polar surface area (TPSA) is 60.4 Å². The Labute approximate surface area is 156 Å². The van der Waals surface area contributed by atoms with Crippen molar-refractivity contribution in [3.05, 3.63) is 46.5 Å². The molecule has 0 aromatic heterocycles. The normalized spacial score (nSPS) is 15.5. The highest BCUT2D eigenvalue weighted by molar-refractivity contribution is 6.31. The SMILES string of the molecule is C[C@H](O)CN(Cc1ccc2c(c1)OCO2)Cc1cc2c(cc1Cl)OCO2. The van der Waals surface area contributed by atoms with Crippen LogP contribution >= 0.6 is 11.6 Å². The first-order valence-electron chi connectivity index (χ1n) is 8.45. The maximum atomic E-state index is 9.89. The van der Waals surface area contributed by atoms with Crippen molar-refractivity contribution in [1.29, 1.82) is 0 Å². The quantitative estimate of drug-likeness (QED) is 0.834. The molecule has 26 heavy (non-hydrogen) atoms. The molecule has 0 bridgehead atoms. The van der Waals surface area contributed by atoms with Crippen LogP contribution in [0.5, 0.6) is 23.0 Å². The van der Waals surface area contributed by atoms with Gasteiger partial charge in [0.2, 0.25) is 13.6 Å². The molecule has 2 aromatic rings. The van der Waals surface area contributed by atoms with Crippen molar-refractivity contribution in [2.45, 2.75) is 26.1 Å². The third-order valence-electron chi connectivity index (χ3n) is 4.30. The first-order chi connectivity index (χ1) is 12.6. The van der Waals surface area contributed by atoms with Gasteiger partial charge in [-0.25, -0.2) is 0 Å². The Bertz CT molecular complexity index is 811. The van der Waals surface area contributed by atoms with Gasteiger partial charge in [0.1, 0.15) is 0 Å². The monoisotopic (exact) mass is 377 g/mol. The highest BCUT2D eigenvalue weighted by atomic mass is 35.5. The van der Waals surface area contributed by atoms with Gasteiger partial charge in [-0.15, -0.1) is 0 Å². The summed E-state index contributed by atoms with van der Waals surface area (Å²) in [5, 5.41) is 10.5. The Morgan fingerprint density at radius 2 is 1.62 bits per heavy atom. The molecule has 2 aromatic carbocycles. The molecule has 0 amide bonds. The first kappa shape index (κ1) is 17.3. The van der Waals surface area contributed by atoms with Crippen LogP contribution in [0.4, 0.5) is 0 Å². The summed E-state index contributed by atoms with van der Waals surface area (Å²) in [5.41, 5.74) is 2.00. The molecule has 6 nitrogen and oxygen atoms in total. The molecule has 2 aliphatic heterocycles. The molecule has 0 saturated heterocycles. The van der Waals surface area contributed by atoms with Crippen LogP contribution in [0, 0.1) is 0 Å². The van der Waals surface area contributed by atoms with E-state index in [1.807, 2.05) is 24.3 Å². The number of rotatable bonds is 6. The van der Waals surface area contributed by atoms with Crippen LogP contribution in [0.1, 0.15) is 18.1 Å². The van der Waals surface area contributed by atoms with Crippen molar-refractivity contribution in [1.82, 2.24) is 4.90 Å². The third kappa shape index (κ3) is 3.67. The van der Waals surface area contributed by atoms with Gasteiger partial charge >= 0.3 is 0 Å². The van der Waals surface area contributed by atoms with E-state index in [0.717, 1.165) is 22.6 Å². The van der Waals surface area contributed by atoms with E-state index < -0.39 is 6.10 Å². The van der Waals surface area contributed by atoms with E-state index in [1.54, 1.807) is 13.0 Å². The molecule has 0 fully saturated rings. The van der Waals surface area contributed by atoms with Crippen molar-refractivity contribution in [3.63, 3.8) is 0 Å². The molecule has 0 radical (unpaired) electrons. The van der Waals surface area contributed by atoms with E-state index in [2.05, 4.69) is 4.90 Å². The zero-order valence-electron chi connectivity index (χ0n) is 14.4. The van der Waals surface area contributed by atoms with E-state index in [4.69, 9.17) is 30.5 Å². The number of halogens is 1. The minimum absolute atomic E-state index is 0.212. The zero-order valence-corrected chi connectivity index (χ0v) is 15.2. The predicted molar refractivity (Wildman–Crippen MR) is 95.9 cm³/mol. The number of fused-ring (bicyclic) bond motifs is 2. The highest BCUT2D eigenvalue weighted by Crippen LogP contribution is 2.37. The molecule has 1 atom stereocenters. The Morgan fingerprint density at radius 3 is 2.35 bits per heavy atom. The van der Waals surface area contributed by atoms with Crippen LogP contribution < -0.4 is 18.9 Å². The Kier molecular flexibility index (Phi) is 4.80. The number of hydrogen-bond donors (Lipinski definition) is 1. The van der Waals surface area contributed by atoms with Crippen molar-refractivity contribution in [3.8, 4) is 23.0 Å². The van der Waals surface area contributed by atoms with Crippen LogP contribution in [-0.4, -0.2) is 36.2 Å². The van der Waals surface area contributed by atoms with E-state index in [9.17, 15) is 5.11 Å². The molecular formula is C19H20ClNO5. The summed E-state index contributed by atoms with van der Waals surface area (Å²) in [6.07, 6.45) is -0.461. The van der Waals surface area contributed by atoms with E-state index in [0.29, 0.717) is 36.2 Å².